The van der Waals surface area contributed by atoms with Crippen LogP contribution < -0.4 is 10.6 Å². The van der Waals surface area contributed by atoms with Gasteiger partial charge in [0.1, 0.15) is 21.4 Å². The summed E-state index contributed by atoms with van der Waals surface area (Å²) in [5, 5.41) is 6.22. The zero-order chi connectivity index (χ0) is 27.1. The van der Waals surface area contributed by atoms with Crippen LogP contribution in [0.3, 0.4) is 0 Å². The van der Waals surface area contributed by atoms with Gasteiger partial charge in [-0.15, -0.1) is 11.3 Å². The molecular weight excluding hydrogens is 559 g/mol. The van der Waals surface area contributed by atoms with Crippen molar-refractivity contribution in [2.75, 3.05) is 18.5 Å². The fourth-order valence-electron chi connectivity index (χ4n) is 3.17. The largest absolute Gasteiger partial charge is 0.462 e. The van der Waals surface area contributed by atoms with E-state index in [-0.39, 0.29) is 33.8 Å². The van der Waals surface area contributed by atoms with Gasteiger partial charge < -0.3 is 19.2 Å². The van der Waals surface area contributed by atoms with Crippen molar-refractivity contribution < 1.29 is 28.3 Å². The second-order valence-corrected chi connectivity index (χ2v) is 9.50. The van der Waals surface area contributed by atoms with E-state index in [1.54, 1.807) is 51.1 Å². The summed E-state index contributed by atoms with van der Waals surface area (Å²) >= 11 is 18.5. The minimum Gasteiger partial charge on any atom is -0.462 e. The van der Waals surface area contributed by atoms with Gasteiger partial charge >= 0.3 is 11.9 Å². The number of ether oxygens (including phenoxy) is 2. The van der Waals surface area contributed by atoms with Gasteiger partial charge in [-0.1, -0.05) is 29.3 Å². The molecule has 0 fully saturated rings. The van der Waals surface area contributed by atoms with Crippen molar-refractivity contribution in [3.05, 3.63) is 68.2 Å². The molecule has 0 saturated carbocycles. The molecule has 0 atom stereocenters. The molecule has 0 aliphatic heterocycles. The number of amides is 1. The zero-order valence-electron chi connectivity index (χ0n) is 20.0. The number of halogens is 2. The van der Waals surface area contributed by atoms with Crippen molar-refractivity contribution in [3.63, 3.8) is 0 Å². The van der Waals surface area contributed by atoms with Gasteiger partial charge in [-0.05, 0) is 68.9 Å². The Bertz CT molecular complexity index is 1380. The molecular formula is C25H22Cl2N2O6S2. The van der Waals surface area contributed by atoms with Gasteiger partial charge in [0.05, 0.1) is 28.8 Å². The summed E-state index contributed by atoms with van der Waals surface area (Å²) in [5.74, 6) is -0.859. The highest BCUT2D eigenvalue weighted by Gasteiger charge is 2.27. The van der Waals surface area contributed by atoms with Crippen LogP contribution in [-0.2, 0) is 14.3 Å². The third-order valence-electron chi connectivity index (χ3n) is 4.79. The summed E-state index contributed by atoms with van der Waals surface area (Å²) in [5.41, 5.74) is 1.16. The SMILES string of the molecule is CCOC(=O)c1sc(NC(=S)NC(=O)C=Cc2ccc(-c3cccc(Cl)c3Cl)o2)c(C(=O)OCC)c1C. The Morgan fingerprint density at radius 2 is 1.78 bits per heavy atom. The smallest absolute Gasteiger partial charge is 0.348 e. The van der Waals surface area contributed by atoms with Gasteiger partial charge in [0.25, 0.3) is 0 Å². The number of nitrogens with one attached hydrogen (secondary N) is 2. The van der Waals surface area contributed by atoms with Crippen LogP contribution in [0.5, 0.6) is 0 Å². The first-order valence-corrected chi connectivity index (χ1v) is 13.0. The summed E-state index contributed by atoms with van der Waals surface area (Å²) in [7, 11) is 0. The molecule has 1 aromatic carbocycles. The summed E-state index contributed by atoms with van der Waals surface area (Å²) < 4.78 is 15.9. The van der Waals surface area contributed by atoms with E-state index >= 15 is 0 Å². The number of thiocarbonyl (C=S) groups is 1. The van der Waals surface area contributed by atoms with E-state index in [9.17, 15) is 14.4 Å². The molecule has 1 amide bonds. The quantitative estimate of drug-likeness (QED) is 0.176. The lowest BCUT2D eigenvalue weighted by Gasteiger charge is -2.09. The lowest BCUT2D eigenvalue weighted by atomic mass is 10.1. The number of carbonyl (C=O) groups excluding carboxylic acids is 3. The normalized spacial score (nSPS) is 10.8. The van der Waals surface area contributed by atoms with Gasteiger partial charge in [-0.25, -0.2) is 9.59 Å². The minimum atomic E-state index is -0.628. The Balaban J connectivity index is 1.70. The fraction of sp³-hybridized carbons (Fsp3) is 0.200. The van der Waals surface area contributed by atoms with E-state index in [2.05, 4.69) is 10.6 Å². The number of hydrogen-bond acceptors (Lipinski definition) is 8. The minimum absolute atomic E-state index is 0.0808. The van der Waals surface area contributed by atoms with Crippen LogP contribution in [-0.4, -0.2) is 36.2 Å². The van der Waals surface area contributed by atoms with Crippen molar-refractivity contribution >= 4 is 80.8 Å². The number of hydrogen-bond donors (Lipinski definition) is 2. The number of thiophene rings is 1. The van der Waals surface area contributed by atoms with Gasteiger partial charge in [0, 0.05) is 11.6 Å². The zero-order valence-corrected chi connectivity index (χ0v) is 23.1. The Kier molecular flexibility index (Phi) is 9.87. The monoisotopic (exact) mass is 580 g/mol. The first kappa shape index (κ1) is 28.4. The number of anilines is 1. The maximum Gasteiger partial charge on any atom is 0.348 e. The molecule has 3 aromatic rings. The standard InChI is InChI=1S/C25H22Cl2N2O6S2/c1-4-33-23(31)19-13(3)21(24(32)34-5-2)37-22(19)29-25(36)28-18(30)12-10-14-9-11-17(35-14)15-7-6-8-16(26)20(15)27/h6-12H,4-5H2,1-3H3,(H2,28,29,30,36). The summed E-state index contributed by atoms with van der Waals surface area (Å²) in [6, 6.07) is 8.56. The molecule has 0 bridgehead atoms. The average molecular weight is 581 g/mol. The number of carbonyl (C=O) groups is 3. The van der Waals surface area contributed by atoms with Crippen LogP contribution in [0.2, 0.25) is 10.0 Å². The molecule has 2 aromatic heterocycles. The van der Waals surface area contributed by atoms with E-state index in [0.29, 0.717) is 32.7 Å². The maximum absolute atomic E-state index is 12.5. The molecule has 37 heavy (non-hydrogen) atoms. The van der Waals surface area contributed by atoms with Crippen molar-refractivity contribution in [1.29, 1.82) is 0 Å². The number of esters is 2. The number of rotatable bonds is 8. The first-order chi connectivity index (χ1) is 17.7. The molecule has 0 aliphatic carbocycles. The van der Waals surface area contributed by atoms with Crippen LogP contribution in [0.15, 0.2) is 40.8 Å². The fourth-order valence-corrected chi connectivity index (χ4v) is 4.92. The van der Waals surface area contributed by atoms with Crippen molar-refractivity contribution in [3.8, 4) is 11.3 Å². The van der Waals surface area contributed by atoms with E-state index in [1.165, 1.54) is 12.2 Å². The van der Waals surface area contributed by atoms with Gasteiger partial charge in [0.15, 0.2) is 5.11 Å². The van der Waals surface area contributed by atoms with Crippen LogP contribution in [0.4, 0.5) is 5.00 Å². The Hall–Kier alpha value is -3.18. The summed E-state index contributed by atoms with van der Waals surface area (Å²) in [6.45, 7) is 5.28. The van der Waals surface area contributed by atoms with Gasteiger partial charge in [-0.2, -0.15) is 0 Å². The van der Waals surface area contributed by atoms with Gasteiger partial charge in [0.2, 0.25) is 5.91 Å². The second kappa shape index (κ2) is 12.9. The number of furan rings is 1. The molecule has 0 unspecified atom stereocenters. The lowest BCUT2D eigenvalue weighted by molar-refractivity contribution is -0.115. The van der Waals surface area contributed by atoms with Crippen LogP contribution >= 0.6 is 46.8 Å². The summed E-state index contributed by atoms with van der Waals surface area (Å²) in [6.07, 6.45) is 2.68. The summed E-state index contributed by atoms with van der Waals surface area (Å²) in [4.78, 5) is 37.5. The van der Waals surface area contributed by atoms with Crippen LogP contribution in [0.1, 0.15) is 45.2 Å². The Morgan fingerprint density at radius 1 is 1.08 bits per heavy atom. The van der Waals surface area contributed by atoms with Crippen molar-refractivity contribution in [1.82, 2.24) is 5.32 Å². The first-order valence-electron chi connectivity index (χ1n) is 11.0. The van der Waals surface area contributed by atoms with E-state index < -0.39 is 17.8 Å². The average Bonchev–Trinajstić information content (AvgIpc) is 3.44. The van der Waals surface area contributed by atoms with Crippen LogP contribution in [0, 0.1) is 6.92 Å². The second-order valence-electron chi connectivity index (χ2n) is 7.28. The maximum atomic E-state index is 12.5. The van der Waals surface area contributed by atoms with E-state index in [4.69, 9.17) is 49.3 Å². The highest BCUT2D eigenvalue weighted by molar-refractivity contribution is 7.80. The van der Waals surface area contributed by atoms with Gasteiger partial charge in [-0.3, -0.25) is 10.1 Å². The van der Waals surface area contributed by atoms with E-state index in [1.807, 2.05) is 0 Å². The van der Waals surface area contributed by atoms with Crippen LogP contribution in [0.25, 0.3) is 17.4 Å². The Labute approximate surface area is 232 Å². The molecule has 194 valence electrons. The Morgan fingerprint density at radius 3 is 2.49 bits per heavy atom. The molecule has 0 aliphatic rings. The highest BCUT2D eigenvalue weighted by Crippen LogP contribution is 2.35. The predicted octanol–water partition coefficient (Wildman–Crippen LogP) is 6.50. The predicted molar refractivity (Wildman–Crippen MR) is 149 cm³/mol. The highest BCUT2D eigenvalue weighted by atomic mass is 35.5. The molecule has 2 heterocycles. The molecule has 0 saturated heterocycles. The third-order valence-corrected chi connectivity index (χ3v) is 7.00. The molecule has 0 spiro atoms. The molecule has 12 heteroatoms. The lowest BCUT2D eigenvalue weighted by Crippen LogP contribution is -2.33. The molecule has 0 radical (unpaired) electrons. The number of benzene rings is 1. The molecule has 2 N–H and O–H groups in total. The third kappa shape index (κ3) is 6.98. The topological polar surface area (TPSA) is 107 Å². The molecule has 3 rings (SSSR count). The molecule has 8 nitrogen and oxygen atoms in total. The van der Waals surface area contributed by atoms with E-state index in [0.717, 1.165) is 11.3 Å². The van der Waals surface area contributed by atoms with Crippen molar-refractivity contribution in [2.45, 2.75) is 20.8 Å². The van der Waals surface area contributed by atoms with Crippen molar-refractivity contribution in [2.24, 2.45) is 0 Å².